The second-order valence-electron chi connectivity index (χ2n) is 3.83. The Hall–Kier alpha value is -0.850. The molecule has 0 N–H and O–H groups in total. The van der Waals surface area contributed by atoms with E-state index in [4.69, 9.17) is 0 Å². The van der Waals surface area contributed by atoms with E-state index in [0.717, 1.165) is 12.8 Å². The highest BCUT2D eigenvalue weighted by Gasteiger charge is 2.44. The van der Waals surface area contributed by atoms with Crippen LogP contribution in [0.4, 0.5) is 0 Å². The summed E-state index contributed by atoms with van der Waals surface area (Å²) in [5.41, 5.74) is 0. The van der Waals surface area contributed by atoms with Crippen LogP contribution in [0, 0.1) is 17.8 Å². The predicted octanol–water partition coefficient (Wildman–Crippen LogP) is 2.34. The highest BCUT2D eigenvalue weighted by Crippen LogP contribution is 2.47. The molecule has 0 aromatic rings. The standard InChI is InChI=1S/C11H14O/c1-8(12)10-7-11(10)9-5-3-2-4-6-9/h2-5,9-11H,6-7H2,1H3/t9?,10-,11-/m1/s1. The van der Waals surface area contributed by atoms with E-state index in [1.54, 1.807) is 6.92 Å². The van der Waals surface area contributed by atoms with E-state index in [9.17, 15) is 4.79 Å². The van der Waals surface area contributed by atoms with Crippen molar-refractivity contribution in [3.8, 4) is 0 Å². The molecule has 0 saturated heterocycles. The van der Waals surface area contributed by atoms with E-state index >= 15 is 0 Å². The molecule has 1 nitrogen and oxygen atoms in total. The maximum Gasteiger partial charge on any atom is 0.133 e. The van der Waals surface area contributed by atoms with Crippen molar-refractivity contribution in [1.29, 1.82) is 0 Å². The summed E-state index contributed by atoms with van der Waals surface area (Å²) in [4.78, 5) is 11.0. The summed E-state index contributed by atoms with van der Waals surface area (Å²) in [7, 11) is 0. The van der Waals surface area contributed by atoms with Gasteiger partial charge in [-0.05, 0) is 31.6 Å². The molecule has 1 heteroatoms. The molecule has 64 valence electrons. The molecule has 0 spiro atoms. The smallest absolute Gasteiger partial charge is 0.133 e. The maximum atomic E-state index is 11.0. The summed E-state index contributed by atoms with van der Waals surface area (Å²) in [6.45, 7) is 1.72. The number of Topliss-reactive ketones (excluding diaryl/α,β-unsaturated/α-hetero) is 1. The summed E-state index contributed by atoms with van der Waals surface area (Å²) in [6, 6.07) is 0. The minimum Gasteiger partial charge on any atom is -0.300 e. The molecule has 3 atom stereocenters. The van der Waals surface area contributed by atoms with Crippen molar-refractivity contribution in [1.82, 2.24) is 0 Å². The molecule has 0 aromatic carbocycles. The lowest BCUT2D eigenvalue weighted by Crippen LogP contribution is -2.05. The molecule has 0 aliphatic heterocycles. The Morgan fingerprint density at radius 2 is 2.25 bits per heavy atom. The van der Waals surface area contributed by atoms with Crippen molar-refractivity contribution >= 4 is 5.78 Å². The zero-order valence-electron chi connectivity index (χ0n) is 7.36. The second kappa shape index (κ2) is 2.89. The van der Waals surface area contributed by atoms with Crippen LogP contribution in [0.15, 0.2) is 24.3 Å². The number of rotatable bonds is 2. The van der Waals surface area contributed by atoms with Gasteiger partial charge in [-0.25, -0.2) is 0 Å². The van der Waals surface area contributed by atoms with Crippen molar-refractivity contribution in [2.75, 3.05) is 0 Å². The first-order chi connectivity index (χ1) is 5.79. The largest absolute Gasteiger partial charge is 0.300 e. The van der Waals surface area contributed by atoms with Crippen molar-refractivity contribution in [3.05, 3.63) is 24.3 Å². The number of hydrogen-bond donors (Lipinski definition) is 0. The quantitative estimate of drug-likeness (QED) is 0.609. The molecule has 0 amide bonds. The van der Waals surface area contributed by atoms with E-state index in [1.165, 1.54) is 0 Å². The van der Waals surface area contributed by atoms with Gasteiger partial charge in [-0.15, -0.1) is 0 Å². The fourth-order valence-electron chi connectivity index (χ4n) is 2.07. The fourth-order valence-corrected chi connectivity index (χ4v) is 2.07. The zero-order chi connectivity index (χ0) is 8.55. The molecule has 2 aliphatic carbocycles. The van der Waals surface area contributed by atoms with Crippen LogP contribution in [0.3, 0.4) is 0 Å². The van der Waals surface area contributed by atoms with Crippen LogP contribution in [0.5, 0.6) is 0 Å². The van der Waals surface area contributed by atoms with Gasteiger partial charge >= 0.3 is 0 Å². The van der Waals surface area contributed by atoms with Gasteiger partial charge in [0.15, 0.2) is 0 Å². The highest BCUT2D eigenvalue weighted by molar-refractivity contribution is 5.81. The average molecular weight is 162 g/mol. The van der Waals surface area contributed by atoms with Crippen molar-refractivity contribution in [2.45, 2.75) is 19.8 Å². The molecule has 0 aromatic heterocycles. The van der Waals surface area contributed by atoms with Crippen LogP contribution in [0.2, 0.25) is 0 Å². The third-order valence-corrected chi connectivity index (χ3v) is 2.93. The summed E-state index contributed by atoms with van der Waals surface area (Å²) >= 11 is 0. The minimum atomic E-state index is 0.378. The number of carbonyl (C=O) groups excluding carboxylic acids is 1. The summed E-state index contributed by atoms with van der Waals surface area (Å²) in [5, 5.41) is 0. The van der Waals surface area contributed by atoms with Gasteiger partial charge in [0.2, 0.25) is 0 Å². The summed E-state index contributed by atoms with van der Waals surface area (Å²) in [6.07, 6.45) is 10.9. The monoisotopic (exact) mass is 162 g/mol. The average Bonchev–Trinajstić information content (AvgIpc) is 2.84. The van der Waals surface area contributed by atoms with Gasteiger partial charge < -0.3 is 0 Å². The van der Waals surface area contributed by atoms with Crippen LogP contribution in [0.1, 0.15) is 19.8 Å². The third-order valence-electron chi connectivity index (χ3n) is 2.93. The molecule has 0 radical (unpaired) electrons. The van der Waals surface area contributed by atoms with Crippen LogP contribution in [-0.2, 0) is 4.79 Å². The Morgan fingerprint density at radius 3 is 2.75 bits per heavy atom. The molecular weight excluding hydrogens is 148 g/mol. The highest BCUT2D eigenvalue weighted by atomic mass is 16.1. The van der Waals surface area contributed by atoms with E-state index in [2.05, 4.69) is 24.3 Å². The van der Waals surface area contributed by atoms with E-state index in [-0.39, 0.29) is 0 Å². The molecule has 2 aliphatic rings. The summed E-state index contributed by atoms with van der Waals surface area (Å²) in [5.74, 6) is 2.06. The van der Waals surface area contributed by atoms with E-state index in [0.29, 0.717) is 23.5 Å². The first-order valence-electron chi connectivity index (χ1n) is 4.63. The van der Waals surface area contributed by atoms with Gasteiger partial charge in [0.25, 0.3) is 0 Å². The third kappa shape index (κ3) is 1.36. The van der Waals surface area contributed by atoms with Crippen molar-refractivity contribution in [3.63, 3.8) is 0 Å². The first kappa shape index (κ1) is 7.78. The first-order valence-corrected chi connectivity index (χ1v) is 4.63. The predicted molar refractivity (Wildman–Crippen MR) is 48.7 cm³/mol. The van der Waals surface area contributed by atoms with Crippen LogP contribution in [-0.4, -0.2) is 5.78 Å². The van der Waals surface area contributed by atoms with Gasteiger partial charge in [-0.1, -0.05) is 24.3 Å². The lowest BCUT2D eigenvalue weighted by atomic mass is 9.94. The molecule has 0 bridgehead atoms. The van der Waals surface area contributed by atoms with Gasteiger partial charge in [0.1, 0.15) is 5.78 Å². The number of ketones is 1. The van der Waals surface area contributed by atoms with Gasteiger partial charge in [0, 0.05) is 5.92 Å². The lowest BCUT2D eigenvalue weighted by molar-refractivity contribution is -0.118. The molecule has 1 fully saturated rings. The molecular formula is C11H14O. The normalized spacial score (nSPS) is 38.2. The maximum absolute atomic E-state index is 11.0. The zero-order valence-corrected chi connectivity index (χ0v) is 7.36. The Labute approximate surface area is 73.2 Å². The van der Waals surface area contributed by atoms with Gasteiger partial charge in [-0.3, -0.25) is 4.79 Å². The van der Waals surface area contributed by atoms with Gasteiger partial charge in [0.05, 0.1) is 0 Å². The molecule has 1 saturated carbocycles. The Bertz CT molecular complexity index is 250. The number of carbonyl (C=O) groups is 1. The van der Waals surface area contributed by atoms with E-state index in [1.807, 2.05) is 0 Å². The summed E-state index contributed by atoms with van der Waals surface area (Å²) < 4.78 is 0. The van der Waals surface area contributed by atoms with Crippen LogP contribution < -0.4 is 0 Å². The fraction of sp³-hybridized carbons (Fsp3) is 0.545. The SMILES string of the molecule is CC(=O)[C@H]1C[C@@H]1C1C=CC=CC1. The van der Waals surface area contributed by atoms with Crippen molar-refractivity contribution < 1.29 is 4.79 Å². The van der Waals surface area contributed by atoms with E-state index < -0.39 is 0 Å². The Balaban J connectivity index is 1.93. The Kier molecular flexibility index (Phi) is 1.87. The van der Waals surface area contributed by atoms with Gasteiger partial charge in [-0.2, -0.15) is 0 Å². The number of hydrogen-bond acceptors (Lipinski definition) is 1. The molecule has 0 heterocycles. The van der Waals surface area contributed by atoms with Crippen LogP contribution in [0.25, 0.3) is 0 Å². The Morgan fingerprint density at radius 1 is 1.42 bits per heavy atom. The molecule has 12 heavy (non-hydrogen) atoms. The minimum absolute atomic E-state index is 0.378. The number of allylic oxidation sites excluding steroid dienone is 4. The van der Waals surface area contributed by atoms with Crippen molar-refractivity contribution in [2.24, 2.45) is 17.8 Å². The van der Waals surface area contributed by atoms with Crippen LogP contribution >= 0.6 is 0 Å². The molecule has 1 unspecified atom stereocenters. The second-order valence-corrected chi connectivity index (χ2v) is 3.83. The topological polar surface area (TPSA) is 17.1 Å². The molecule has 2 rings (SSSR count). The lowest BCUT2D eigenvalue weighted by Gasteiger charge is -2.11.